The lowest BCUT2D eigenvalue weighted by molar-refractivity contribution is -0.161. The maximum atomic E-state index is 12.5. The normalized spacial score (nSPS) is 14.0. The van der Waals surface area contributed by atoms with E-state index in [0.29, 0.717) is 19.3 Å². The highest BCUT2D eigenvalue weighted by molar-refractivity contribution is 7.47. The zero-order valence-corrected chi connectivity index (χ0v) is 33.0. The van der Waals surface area contributed by atoms with E-state index in [2.05, 4.69) is 68.5 Å². The van der Waals surface area contributed by atoms with Gasteiger partial charge < -0.3 is 20.1 Å². The molecule has 0 spiro atoms. The molecule has 10 heteroatoms. The van der Waals surface area contributed by atoms with Gasteiger partial charge in [0.1, 0.15) is 6.61 Å². The zero-order chi connectivity index (χ0) is 37.5. The number of phosphoric ester groups is 1. The minimum absolute atomic E-state index is 0.0413. The zero-order valence-electron chi connectivity index (χ0n) is 32.1. The van der Waals surface area contributed by atoms with E-state index >= 15 is 0 Å². The number of esters is 2. The van der Waals surface area contributed by atoms with E-state index in [1.807, 2.05) is 6.08 Å². The topological polar surface area (TPSA) is 134 Å². The Morgan fingerprint density at radius 2 is 1.04 bits per heavy atom. The number of unbranched alkanes of at least 4 members (excludes halogenated alkanes) is 13. The van der Waals surface area contributed by atoms with Gasteiger partial charge in [0.05, 0.1) is 13.2 Å². The minimum atomic E-state index is -4.39. The van der Waals surface area contributed by atoms with Crippen molar-refractivity contribution in [3.05, 3.63) is 60.8 Å². The number of phosphoric acid groups is 1. The molecule has 51 heavy (non-hydrogen) atoms. The molecule has 0 radical (unpaired) electrons. The average Bonchev–Trinajstić information content (AvgIpc) is 3.11. The SMILES string of the molecule is CCCCCC=CCC=CCC=CCC=CCCCC(=O)OC(COC(=O)CCCCCCCC=CCCCCCC)COP(=O)(O)OCCN. The predicted octanol–water partition coefficient (Wildman–Crippen LogP) is 10.9. The lowest BCUT2D eigenvalue weighted by Gasteiger charge is -2.19. The van der Waals surface area contributed by atoms with Gasteiger partial charge in [0, 0.05) is 19.4 Å². The minimum Gasteiger partial charge on any atom is -0.462 e. The highest BCUT2D eigenvalue weighted by atomic mass is 31.2. The van der Waals surface area contributed by atoms with Crippen molar-refractivity contribution in [2.24, 2.45) is 5.73 Å². The van der Waals surface area contributed by atoms with Gasteiger partial charge in [-0.3, -0.25) is 18.6 Å². The van der Waals surface area contributed by atoms with Crippen LogP contribution in [0.5, 0.6) is 0 Å². The van der Waals surface area contributed by atoms with E-state index in [4.69, 9.17) is 24.3 Å². The van der Waals surface area contributed by atoms with Crippen LogP contribution in [0.4, 0.5) is 0 Å². The van der Waals surface area contributed by atoms with E-state index in [1.165, 1.54) is 57.8 Å². The highest BCUT2D eigenvalue weighted by Crippen LogP contribution is 2.43. The van der Waals surface area contributed by atoms with Crippen LogP contribution < -0.4 is 5.73 Å². The summed E-state index contributed by atoms with van der Waals surface area (Å²) >= 11 is 0. The fourth-order valence-electron chi connectivity index (χ4n) is 4.91. The number of nitrogens with two attached hydrogens (primary N) is 1. The van der Waals surface area contributed by atoms with E-state index in [0.717, 1.165) is 51.4 Å². The first-order chi connectivity index (χ1) is 24.8. The number of allylic oxidation sites excluding steroid dienone is 10. The number of hydrogen-bond donors (Lipinski definition) is 2. The van der Waals surface area contributed by atoms with Gasteiger partial charge in [-0.15, -0.1) is 0 Å². The molecular formula is C41H72NO8P. The first-order valence-corrected chi connectivity index (χ1v) is 21.3. The Hall–Kier alpha value is -2.29. The number of ether oxygens (including phenoxy) is 2. The quantitative estimate of drug-likeness (QED) is 0.0279. The van der Waals surface area contributed by atoms with Crippen molar-refractivity contribution in [1.82, 2.24) is 0 Å². The lowest BCUT2D eigenvalue weighted by Crippen LogP contribution is -2.29. The molecule has 0 saturated heterocycles. The summed E-state index contributed by atoms with van der Waals surface area (Å²) in [7, 11) is -4.39. The largest absolute Gasteiger partial charge is 0.472 e. The Labute approximate surface area is 310 Å². The molecule has 0 fully saturated rings. The molecule has 2 unspecified atom stereocenters. The average molecular weight is 738 g/mol. The summed E-state index contributed by atoms with van der Waals surface area (Å²) in [6.07, 6.45) is 42.5. The molecule has 0 rings (SSSR count). The third-order valence-corrected chi connectivity index (χ3v) is 8.86. The number of carbonyl (C=O) groups excluding carboxylic acids is 2. The summed E-state index contributed by atoms with van der Waals surface area (Å²) in [4.78, 5) is 34.7. The lowest BCUT2D eigenvalue weighted by atomic mass is 10.1. The van der Waals surface area contributed by atoms with Crippen LogP contribution in [0.3, 0.4) is 0 Å². The molecule has 0 aliphatic carbocycles. The van der Waals surface area contributed by atoms with Gasteiger partial charge in [0.15, 0.2) is 6.10 Å². The van der Waals surface area contributed by atoms with Gasteiger partial charge in [-0.1, -0.05) is 126 Å². The van der Waals surface area contributed by atoms with E-state index in [-0.39, 0.29) is 32.6 Å². The third kappa shape index (κ3) is 37.3. The van der Waals surface area contributed by atoms with Crippen molar-refractivity contribution in [1.29, 1.82) is 0 Å². The molecule has 294 valence electrons. The van der Waals surface area contributed by atoms with Crippen molar-refractivity contribution in [3.8, 4) is 0 Å². The molecule has 0 aliphatic heterocycles. The Bertz CT molecular complexity index is 1020. The standard InChI is InChI=1S/C41H72NO8P/c1-3-5-7-9-11-13-15-17-18-19-20-22-24-26-28-30-32-34-41(44)50-39(38-49-51(45,46)48-36-35-42)37-47-40(43)33-31-29-27-25-23-21-16-14-12-10-8-6-4-2/h11,13-14,16-18,20,22,26,28,39H,3-10,12,15,19,21,23-25,27,29-38,42H2,1-2H3,(H,45,46). The van der Waals surface area contributed by atoms with Crippen molar-refractivity contribution < 1.29 is 37.6 Å². The maximum Gasteiger partial charge on any atom is 0.472 e. The monoisotopic (exact) mass is 737 g/mol. The van der Waals surface area contributed by atoms with Gasteiger partial charge >= 0.3 is 19.8 Å². The first kappa shape index (κ1) is 48.7. The molecule has 0 amide bonds. The van der Waals surface area contributed by atoms with Crippen LogP contribution in [0.15, 0.2) is 60.8 Å². The molecule has 0 heterocycles. The summed E-state index contributed by atoms with van der Waals surface area (Å²) in [5, 5.41) is 0. The van der Waals surface area contributed by atoms with Gasteiger partial charge in [-0.25, -0.2) is 4.57 Å². The summed E-state index contributed by atoms with van der Waals surface area (Å²) in [6, 6.07) is 0. The van der Waals surface area contributed by atoms with Crippen LogP contribution in [0, 0.1) is 0 Å². The van der Waals surface area contributed by atoms with Crippen LogP contribution in [-0.2, 0) is 32.7 Å². The Balaban J connectivity index is 4.34. The molecule has 0 aromatic heterocycles. The van der Waals surface area contributed by atoms with Crippen molar-refractivity contribution in [3.63, 3.8) is 0 Å². The molecule has 0 saturated carbocycles. The van der Waals surface area contributed by atoms with Crippen molar-refractivity contribution in [2.75, 3.05) is 26.4 Å². The molecular weight excluding hydrogens is 665 g/mol. The van der Waals surface area contributed by atoms with Crippen molar-refractivity contribution >= 4 is 19.8 Å². The summed E-state index contributed by atoms with van der Waals surface area (Å²) in [5.41, 5.74) is 5.33. The molecule has 3 N–H and O–H groups in total. The molecule has 0 aliphatic rings. The summed E-state index contributed by atoms with van der Waals surface area (Å²) in [5.74, 6) is -0.910. The predicted molar refractivity (Wildman–Crippen MR) is 210 cm³/mol. The van der Waals surface area contributed by atoms with Crippen LogP contribution in [0.25, 0.3) is 0 Å². The van der Waals surface area contributed by atoms with Gasteiger partial charge in [-0.2, -0.15) is 0 Å². The highest BCUT2D eigenvalue weighted by Gasteiger charge is 2.25. The molecule has 2 atom stereocenters. The van der Waals surface area contributed by atoms with Crippen LogP contribution >= 0.6 is 7.82 Å². The third-order valence-electron chi connectivity index (χ3n) is 7.88. The summed E-state index contributed by atoms with van der Waals surface area (Å²) in [6.45, 7) is 3.59. The van der Waals surface area contributed by atoms with E-state index < -0.39 is 32.5 Å². The van der Waals surface area contributed by atoms with E-state index in [9.17, 15) is 19.0 Å². The molecule has 0 aromatic carbocycles. The first-order valence-electron chi connectivity index (χ1n) is 19.8. The maximum absolute atomic E-state index is 12.5. The molecule has 0 bridgehead atoms. The fraction of sp³-hybridized carbons (Fsp3) is 0.707. The Kier molecular flexibility index (Phi) is 35.8. The summed E-state index contributed by atoms with van der Waals surface area (Å²) < 4.78 is 32.6. The van der Waals surface area contributed by atoms with Gasteiger partial charge in [0.25, 0.3) is 0 Å². The molecule has 0 aromatic rings. The van der Waals surface area contributed by atoms with Crippen LogP contribution in [0.1, 0.15) is 155 Å². The van der Waals surface area contributed by atoms with Gasteiger partial charge in [-0.05, 0) is 77.0 Å². The number of hydrogen-bond acceptors (Lipinski definition) is 8. The van der Waals surface area contributed by atoms with E-state index in [1.54, 1.807) is 0 Å². The second-order valence-electron chi connectivity index (χ2n) is 12.8. The van der Waals surface area contributed by atoms with Crippen molar-refractivity contribution in [2.45, 2.75) is 161 Å². The molecule has 9 nitrogen and oxygen atoms in total. The Morgan fingerprint density at radius 1 is 0.588 bits per heavy atom. The van der Waals surface area contributed by atoms with Gasteiger partial charge in [0.2, 0.25) is 0 Å². The van der Waals surface area contributed by atoms with Crippen LogP contribution in [-0.4, -0.2) is 49.3 Å². The number of rotatable bonds is 36. The Morgan fingerprint density at radius 3 is 1.63 bits per heavy atom. The van der Waals surface area contributed by atoms with Crippen LogP contribution in [0.2, 0.25) is 0 Å². The second-order valence-corrected chi connectivity index (χ2v) is 14.2. The second kappa shape index (κ2) is 37.5. The number of carbonyl (C=O) groups is 2. The fourth-order valence-corrected chi connectivity index (χ4v) is 5.68. The smallest absolute Gasteiger partial charge is 0.462 e.